The van der Waals surface area contributed by atoms with E-state index in [1.165, 1.54) is 21.8 Å². The third kappa shape index (κ3) is 6.49. The average molecular weight is 894 g/mol. The van der Waals surface area contributed by atoms with Gasteiger partial charge in [-0.3, -0.25) is 0 Å². The van der Waals surface area contributed by atoms with Crippen LogP contribution in [-0.4, -0.2) is 24.5 Å². The van der Waals surface area contributed by atoms with E-state index in [1.807, 2.05) is 36.4 Å². The van der Waals surface area contributed by atoms with Crippen LogP contribution < -0.4 is 0 Å². The van der Waals surface area contributed by atoms with E-state index in [-0.39, 0.29) is 0 Å². The van der Waals surface area contributed by atoms with E-state index < -0.39 is 0 Å². The Kier molecular flexibility index (Phi) is 9.10. The minimum atomic E-state index is 0.605. The van der Waals surface area contributed by atoms with Gasteiger partial charge >= 0.3 is 0 Å². The van der Waals surface area contributed by atoms with Crippen molar-refractivity contribution >= 4 is 65.4 Å². The van der Waals surface area contributed by atoms with Crippen molar-refractivity contribution in [3.05, 3.63) is 237 Å². The molecule has 0 spiro atoms. The van der Waals surface area contributed by atoms with Crippen LogP contribution in [0, 0.1) is 0 Å². The summed E-state index contributed by atoms with van der Waals surface area (Å²) in [5.74, 6) is 1.84. The van der Waals surface area contributed by atoms with Crippen LogP contribution in [0.2, 0.25) is 0 Å². The zero-order chi connectivity index (χ0) is 46.1. The van der Waals surface area contributed by atoms with Crippen molar-refractivity contribution in [3.63, 3.8) is 0 Å². The van der Waals surface area contributed by atoms with Gasteiger partial charge in [0.2, 0.25) is 0 Å². The molecule has 6 heteroatoms. The number of hydrogen-bond acceptors (Lipinski definition) is 5. The van der Waals surface area contributed by atoms with Crippen LogP contribution in [0.3, 0.4) is 0 Å². The third-order valence-electron chi connectivity index (χ3n) is 13.6. The summed E-state index contributed by atoms with van der Waals surface area (Å²) in [7, 11) is 0. The highest BCUT2D eigenvalue weighted by atomic mass is 16.3. The predicted molar refractivity (Wildman–Crippen MR) is 287 cm³/mol. The Morgan fingerprint density at radius 2 is 0.800 bits per heavy atom. The Hall–Kier alpha value is -9.52. The maximum absolute atomic E-state index is 6.63. The average Bonchev–Trinajstić information content (AvgIpc) is 3.98. The van der Waals surface area contributed by atoms with E-state index in [1.54, 1.807) is 0 Å². The third-order valence-corrected chi connectivity index (χ3v) is 13.6. The fourth-order valence-electron chi connectivity index (χ4n) is 10.4. The molecule has 0 atom stereocenters. The van der Waals surface area contributed by atoms with Crippen LogP contribution in [0.1, 0.15) is 0 Å². The Balaban J connectivity index is 0.861. The van der Waals surface area contributed by atoms with E-state index in [9.17, 15) is 0 Å². The standard InChI is InChI=1S/C64H39N5O/c1-3-16-41(17-4-1)58-59-50-24-7-11-26-53(50)65-61(52(59)39-57-60(58)51-25-10-14-29-56(51)70-57)46-21-15-20-45(38-46)40-30-32-43(33-31-40)63-66-62(42-18-5-2-6-19-42)67-64(68-63)44-34-36-47(37-35-44)69-54-27-12-8-22-48(54)49-23-9-13-28-55(49)69/h1-39H. The summed E-state index contributed by atoms with van der Waals surface area (Å²) in [4.78, 5) is 20.6. The molecule has 4 aromatic heterocycles. The van der Waals surface area contributed by atoms with Crippen molar-refractivity contribution < 1.29 is 4.42 Å². The van der Waals surface area contributed by atoms with Crippen molar-refractivity contribution in [3.8, 4) is 73.4 Å². The van der Waals surface area contributed by atoms with Crippen LogP contribution in [-0.2, 0) is 0 Å². The number of rotatable bonds is 7. The zero-order valence-electron chi connectivity index (χ0n) is 37.7. The fraction of sp³-hybridized carbons (Fsp3) is 0. The van der Waals surface area contributed by atoms with Crippen molar-refractivity contribution in [2.45, 2.75) is 0 Å². The Labute approximate surface area is 402 Å². The van der Waals surface area contributed by atoms with Gasteiger partial charge in [-0.05, 0) is 77.4 Å². The molecule has 4 heterocycles. The molecule has 0 radical (unpaired) electrons. The summed E-state index contributed by atoms with van der Waals surface area (Å²) >= 11 is 0. The van der Waals surface area contributed by atoms with Gasteiger partial charge in [-0.25, -0.2) is 19.9 Å². The van der Waals surface area contributed by atoms with Gasteiger partial charge in [-0.2, -0.15) is 0 Å². The topological polar surface area (TPSA) is 69.6 Å². The summed E-state index contributed by atoms with van der Waals surface area (Å²) in [5.41, 5.74) is 15.1. The second kappa shape index (κ2) is 16.1. The van der Waals surface area contributed by atoms with E-state index in [0.29, 0.717) is 17.5 Å². The predicted octanol–water partition coefficient (Wildman–Crippen LogP) is 16.6. The molecule has 70 heavy (non-hydrogen) atoms. The highest BCUT2D eigenvalue weighted by Crippen LogP contribution is 2.46. The smallest absolute Gasteiger partial charge is 0.164 e. The van der Waals surface area contributed by atoms with Crippen molar-refractivity contribution in [2.24, 2.45) is 0 Å². The van der Waals surface area contributed by atoms with E-state index in [4.69, 9.17) is 24.4 Å². The van der Waals surface area contributed by atoms with Gasteiger partial charge in [0.05, 0.1) is 22.2 Å². The quantitative estimate of drug-likeness (QED) is 0.149. The van der Waals surface area contributed by atoms with E-state index in [2.05, 4.69) is 205 Å². The lowest BCUT2D eigenvalue weighted by molar-refractivity contribution is 0.669. The Bertz CT molecular complexity index is 4280. The summed E-state index contributed by atoms with van der Waals surface area (Å²) in [6.07, 6.45) is 0. The largest absolute Gasteiger partial charge is 0.456 e. The molecule has 0 fully saturated rings. The summed E-state index contributed by atoms with van der Waals surface area (Å²) in [6.45, 7) is 0. The minimum absolute atomic E-state index is 0.605. The number of furan rings is 1. The molecule has 0 aliphatic heterocycles. The van der Waals surface area contributed by atoms with Gasteiger partial charge < -0.3 is 8.98 Å². The monoisotopic (exact) mass is 893 g/mol. The van der Waals surface area contributed by atoms with Crippen LogP contribution in [0.5, 0.6) is 0 Å². The minimum Gasteiger partial charge on any atom is -0.456 e. The Morgan fingerprint density at radius 3 is 1.47 bits per heavy atom. The number of benzene rings is 10. The highest BCUT2D eigenvalue weighted by Gasteiger charge is 2.22. The molecule has 0 saturated heterocycles. The summed E-state index contributed by atoms with van der Waals surface area (Å²) in [5, 5.41) is 7.97. The summed E-state index contributed by atoms with van der Waals surface area (Å²) < 4.78 is 8.95. The lowest BCUT2D eigenvalue weighted by Gasteiger charge is -2.16. The molecule has 14 rings (SSSR count). The SMILES string of the molecule is c1ccc(-c2nc(-c3ccc(-c4cccc(-c5nc6ccccc6c6c(-c7ccccc7)c7c(cc56)oc5ccccc57)c4)cc3)nc(-c3ccc(-n4c5ccccc5c5ccccc54)cc3)n2)cc1. The lowest BCUT2D eigenvalue weighted by Crippen LogP contribution is -2.00. The number of fused-ring (bicyclic) bond motifs is 9. The maximum atomic E-state index is 6.63. The van der Waals surface area contributed by atoms with Crippen LogP contribution in [0.15, 0.2) is 241 Å². The Morgan fingerprint density at radius 1 is 0.300 bits per heavy atom. The number of para-hydroxylation sites is 4. The normalized spacial score (nSPS) is 11.7. The van der Waals surface area contributed by atoms with E-state index >= 15 is 0 Å². The zero-order valence-corrected chi connectivity index (χ0v) is 37.7. The first-order chi connectivity index (χ1) is 34.7. The molecule has 10 aromatic carbocycles. The van der Waals surface area contributed by atoms with Crippen LogP contribution in [0.25, 0.3) is 139 Å². The molecule has 0 N–H and O–H groups in total. The number of aromatic nitrogens is 5. The van der Waals surface area contributed by atoms with Crippen molar-refractivity contribution in [1.29, 1.82) is 0 Å². The van der Waals surface area contributed by atoms with Gasteiger partial charge in [-0.15, -0.1) is 0 Å². The number of nitrogens with zero attached hydrogens (tertiary/aromatic N) is 5. The molecule has 0 amide bonds. The highest BCUT2D eigenvalue weighted by molar-refractivity contribution is 6.27. The van der Waals surface area contributed by atoms with Crippen molar-refractivity contribution in [2.75, 3.05) is 0 Å². The van der Waals surface area contributed by atoms with E-state index in [0.717, 1.165) is 99.5 Å². The molecular formula is C64H39N5O. The molecule has 0 unspecified atom stereocenters. The molecule has 6 nitrogen and oxygen atoms in total. The first-order valence-electron chi connectivity index (χ1n) is 23.5. The molecular weight excluding hydrogens is 855 g/mol. The van der Waals surface area contributed by atoms with Crippen LogP contribution >= 0.6 is 0 Å². The molecule has 0 aliphatic rings. The van der Waals surface area contributed by atoms with Gasteiger partial charge in [0.25, 0.3) is 0 Å². The van der Waals surface area contributed by atoms with Gasteiger partial charge in [0, 0.05) is 71.2 Å². The first kappa shape index (κ1) is 39.6. The molecule has 326 valence electrons. The molecule has 0 saturated carbocycles. The van der Waals surface area contributed by atoms with Gasteiger partial charge in [0.15, 0.2) is 17.5 Å². The van der Waals surface area contributed by atoms with Crippen LogP contribution in [0.4, 0.5) is 0 Å². The van der Waals surface area contributed by atoms with Crippen molar-refractivity contribution in [1.82, 2.24) is 24.5 Å². The van der Waals surface area contributed by atoms with Gasteiger partial charge in [-0.1, -0.05) is 176 Å². The summed E-state index contributed by atoms with van der Waals surface area (Å²) in [6, 6.07) is 82.6. The molecule has 0 aliphatic carbocycles. The van der Waals surface area contributed by atoms with Gasteiger partial charge in [0.1, 0.15) is 11.2 Å². The number of pyridine rings is 1. The fourth-order valence-corrected chi connectivity index (χ4v) is 10.4. The second-order valence-electron chi connectivity index (χ2n) is 17.7. The first-order valence-corrected chi connectivity index (χ1v) is 23.5. The molecule has 14 aromatic rings. The molecule has 0 bridgehead atoms. The maximum Gasteiger partial charge on any atom is 0.164 e. The second-order valence-corrected chi connectivity index (χ2v) is 17.7. The lowest BCUT2D eigenvalue weighted by atomic mass is 9.89. The number of hydrogen-bond donors (Lipinski definition) is 0.